The van der Waals surface area contributed by atoms with Crippen LogP contribution in [0.4, 0.5) is 27.6 Å². The first-order valence-corrected chi connectivity index (χ1v) is 15.6. The minimum Gasteiger partial charge on any atom is -0.497 e. The molecule has 6 rings (SSSR count). The van der Waals surface area contributed by atoms with Crippen LogP contribution in [-0.2, 0) is 23.2 Å². The van der Waals surface area contributed by atoms with E-state index in [0.29, 0.717) is 29.2 Å². The van der Waals surface area contributed by atoms with Crippen LogP contribution in [0.2, 0.25) is 5.02 Å². The van der Waals surface area contributed by atoms with Crippen LogP contribution in [0.5, 0.6) is 11.5 Å². The van der Waals surface area contributed by atoms with E-state index in [4.69, 9.17) is 25.8 Å². The average molecular weight is 745 g/mol. The van der Waals surface area contributed by atoms with Crippen molar-refractivity contribution >= 4 is 46.1 Å². The lowest BCUT2D eigenvalue weighted by molar-refractivity contribution is -0.137. The van der Waals surface area contributed by atoms with Crippen LogP contribution < -0.4 is 20.1 Å². The molecule has 1 aliphatic heterocycles. The van der Waals surface area contributed by atoms with Gasteiger partial charge >= 0.3 is 12.1 Å². The van der Waals surface area contributed by atoms with Gasteiger partial charge in [0.1, 0.15) is 28.7 Å². The fourth-order valence-corrected chi connectivity index (χ4v) is 6.22. The van der Waals surface area contributed by atoms with E-state index in [0.717, 1.165) is 18.2 Å². The molecule has 0 saturated carbocycles. The maximum Gasteiger partial charge on any atom is 0.416 e. The number of aliphatic hydroxyl groups is 1. The molecule has 5 aromatic rings. The Morgan fingerprint density at radius 2 is 1.77 bits per heavy atom. The Bertz CT molecular complexity index is 2290. The van der Waals surface area contributed by atoms with Crippen LogP contribution >= 0.6 is 11.6 Å². The second-order valence-electron chi connectivity index (χ2n) is 11.4. The van der Waals surface area contributed by atoms with Crippen molar-refractivity contribution < 1.29 is 55.7 Å². The van der Waals surface area contributed by atoms with E-state index in [1.165, 1.54) is 24.9 Å². The quantitative estimate of drug-likeness (QED) is 0.116. The predicted molar refractivity (Wildman–Crippen MR) is 176 cm³/mol. The lowest BCUT2D eigenvalue weighted by Gasteiger charge is -2.27. The first-order valence-electron chi connectivity index (χ1n) is 15.2. The lowest BCUT2D eigenvalue weighted by Crippen LogP contribution is -2.41. The van der Waals surface area contributed by atoms with Gasteiger partial charge in [-0.3, -0.25) is 9.59 Å². The zero-order valence-corrected chi connectivity index (χ0v) is 28.0. The number of nitrogens with zero attached hydrogens (tertiary/aromatic N) is 2. The van der Waals surface area contributed by atoms with Crippen LogP contribution in [0.15, 0.2) is 60.7 Å². The molecule has 0 aliphatic carbocycles. The maximum absolute atomic E-state index is 14.6. The number of hydrogen-bond donors (Lipinski definition) is 3. The summed E-state index contributed by atoms with van der Waals surface area (Å²) in [6.45, 7) is 1.32. The number of methoxy groups -OCH3 is 2. The third kappa shape index (κ3) is 6.34. The number of carbonyl (C=O) groups excluding carboxylic acids is 3. The van der Waals surface area contributed by atoms with Crippen LogP contribution in [0.25, 0.3) is 11.0 Å². The van der Waals surface area contributed by atoms with Gasteiger partial charge in [0.2, 0.25) is 5.82 Å². The number of rotatable bonds is 9. The van der Waals surface area contributed by atoms with E-state index in [1.807, 2.05) is 0 Å². The van der Waals surface area contributed by atoms with Crippen LogP contribution in [0, 0.1) is 11.6 Å². The SMILES string of the molecule is CCOC(=O)c1nc2c3c(c(NC(=O)c4cc(F)cc(C(F)(F)F)c4)cc2n1Cc1ccc(OC)cc1OC)C(O)(c1cc(F)ccc1Cl)NC3=O. The second-order valence-corrected chi connectivity index (χ2v) is 11.8. The second kappa shape index (κ2) is 13.4. The zero-order valence-electron chi connectivity index (χ0n) is 27.2. The number of anilines is 1. The minimum atomic E-state index is -5.01. The van der Waals surface area contributed by atoms with Crippen molar-refractivity contribution in [1.29, 1.82) is 0 Å². The van der Waals surface area contributed by atoms with Gasteiger partial charge in [-0.05, 0) is 61.5 Å². The topological polar surface area (TPSA) is 141 Å². The Hall–Kier alpha value is -5.74. The van der Waals surface area contributed by atoms with Gasteiger partial charge in [0.25, 0.3) is 11.8 Å². The molecule has 0 saturated heterocycles. The summed E-state index contributed by atoms with van der Waals surface area (Å²) in [6.07, 6.45) is -5.01. The molecule has 0 fully saturated rings. The molecule has 1 atom stereocenters. The molecule has 4 aromatic carbocycles. The van der Waals surface area contributed by atoms with Crippen LogP contribution in [-0.4, -0.2) is 53.3 Å². The number of hydrogen-bond acceptors (Lipinski definition) is 8. The first-order chi connectivity index (χ1) is 24.6. The van der Waals surface area contributed by atoms with Gasteiger partial charge in [-0.25, -0.2) is 18.6 Å². The fraction of sp³-hybridized carbons (Fsp3) is 0.200. The van der Waals surface area contributed by atoms with E-state index < -0.39 is 69.3 Å². The van der Waals surface area contributed by atoms with Gasteiger partial charge in [0.05, 0.1) is 49.7 Å². The van der Waals surface area contributed by atoms with Gasteiger partial charge in [0, 0.05) is 33.3 Å². The molecule has 1 unspecified atom stereocenters. The summed E-state index contributed by atoms with van der Waals surface area (Å²) in [5.74, 6) is -5.01. The van der Waals surface area contributed by atoms with Crippen molar-refractivity contribution in [3.05, 3.63) is 117 Å². The molecule has 2 heterocycles. The standard InChI is InChI=1S/C35H26ClF5N4O7/c1-4-52-33(48)30-43-29-25(45(30)15-16-5-7-21(50-2)13-26(16)51-3)14-24(42-31(46)17-9-18(35(39,40)41)11-20(38)10-17)28-27(29)32(47)44-34(28,49)22-12-19(37)6-8-23(22)36/h5-14,49H,4,15H2,1-3H3,(H,42,46)(H,44,47). The summed E-state index contributed by atoms with van der Waals surface area (Å²) < 4.78 is 87.0. The smallest absolute Gasteiger partial charge is 0.416 e. The average Bonchev–Trinajstić information content (AvgIpc) is 3.59. The van der Waals surface area contributed by atoms with E-state index in [9.17, 15) is 41.4 Å². The van der Waals surface area contributed by atoms with Crippen molar-refractivity contribution in [2.45, 2.75) is 25.4 Å². The molecule has 1 aliphatic rings. The monoisotopic (exact) mass is 744 g/mol. The number of ether oxygens (including phenoxy) is 3. The number of imidazole rings is 1. The van der Waals surface area contributed by atoms with E-state index >= 15 is 0 Å². The van der Waals surface area contributed by atoms with Gasteiger partial charge in [-0.2, -0.15) is 13.2 Å². The highest BCUT2D eigenvalue weighted by molar-refractivity contribution is 6.31. The van der Waals surface area contributed by atoms with Crippen LogP contribution in [0.1, 0.15) is 60.5 Å². The normalized spacial score (nSPS) is 15.3. The molecule has 270 valence electrons. The Balaban J connectivity index is 1.64. The number of fused-ring (bicyclic) bond motifs is 3. The molecule has 17 heteroatoms. The van der Waals surface area contributed by atoms with E-state index in [2.05, 4.69) is 15.6 Å². The number of aromatic nitrogens is 2. The number of alkyl halides is 3. The van der Waals surface area contributed by atoms with E-state index in [1.54, 1.807) is 25.1 Å². The third-order valence-corrected chi connectivity index (χ3v) is 8.59. The van der Waals surface area contributed by atoms with E-state index in [-0.39, 0.29) is 46.7 Å². The highest BCUT2D eigenvalue weighted by atomic mass is 35.5. The molecule has 0 bridgehead atoms. The highest BCUT2D eigenvalue weighted by Gasteiger charge is 2.49. The first kappa shape index (κ1) is 36.1. The minimum absolute atomic E-state index is 0.00469. The van der Waals surface area contributed by atoms with Crippen molar-refractivity contribution in [3.8, 4) is 11.5 Å². The Labute approximate surface area is 295 Å². The molecule has 2 amide bonds. The zero-order chi connectivity index (χ0) is 37.7. The molecular formula is C35H26ClF5N4O7. The molecule has 52 heavy (non-hydrogen) atoms. The largest absolute Gasteiger partial charge is 0.497 e. The highest BCUT2D eigenvalue weighted by Crippen LogP contribution is 2.46. The third-order valence-electron chi connectivity index (χ3n) is 8.26. The molecule has 0 radical (unpaired) electrons. The number of amides is 2. The summed E-state index contributed by atoms with van der Waals surface area (Å²) in [4.78, 5) is 45.2. The summed E-state index contributed by atoms with van der Waals surface area (Å²) in [6, 6.07) is 10.1. The lowest BCUT2D eigenvalue weighted by atomic mass is 9.91. The summed E-state index contributed by atoms with van der Waals surface area (Å²) in [5, 5.41) is 16.6. The predicted octanol–water partition coefficient (Wildman–Crippen LogP) is 6.42. The van der Waals surface area contributed by atoms with Gasteiger partial charge in [-0.1, -0.05) is 11.6 Å². The Morgan fingerprint density at radius 1 is 1.02 bits per heavy atom. The number of carbonyl (C=O) groups is 3. The molecular weight excluding hydrogens is 719 g/mol. The van der Waals surface area contributed by atoms with Crippen molar-refractivity contribution in [1.82, 2.24) is 14.9 Å². The number of halogens is 6. The Kier molecular flexibility index (Phi) is 9.31. The summed E-state index contributed by atoms with van der Waals surface area (Å²) >= 11 is 6.36. The molecule has 0 spiro atoms. The summed E-state index contributed by atoms with van der Waals surface area (Å²) in [7, 11) is 2.85. The van der Waals surface area contributed by atoms with Gasteiger partial charge in [0.15, 0.2) is 5.72 Å². The van der Waals surface area contributed by atoms with Gasteiger partial charge in [-0.15, -0.1) is 0 Å². The Morgan fingerprint density at radius 3 is 2.44 bits per heavy atom. The maximum atomic E-state index is 14.6. The van der Waals surface area contributed by atoms with Crippen molar-refractivity contribution in [2.75, 3.05) is 26.1 Å². The van der Waals surface area contributed by atoms with Crippen LogP contribution in [0.3, 0.4) is 0 Å². The molecule has 1 aromatic heterocycles. The van der Waals surface area contributed by atoms with Gasteiger partial charge < -0.3 is 34.5 Å². The van der Waals surface area contributed by atoms with Crippen molar-refractivity contribution in [3.63, 3.8) is 0 Å². The fourth-order valence-electron chi connectivity index (χ4n) is 5.96. The number of nitrogens with one attached hydrogen (secondary N) is 2. The summed E-state index contributed by atoms with van der Waals surface area (Å²) in [5.41, 5.74) is -6.25. The number of benzene rings is 4. The molecule has 3 N–H and O–H groups in total. The number of esters is 1. The van der Waals surface area contributed by atoms with Crippen molar-refractivity contribution in [2.24, 2.45) is 0 Å². The molecule has 11 nitrogen and oxygen atoms in total.